The lowest BCUT2D eigenvalue weighted by molar-refractivity contribution is 0.268. The van der Waals surface area contributed by atoms with Crippen LogP contribution in [0.25, 0.3) is 0 Å². The van der Waals surface area contributed by atoms with Crippen LogP contribution in [0.3, 0.4) is 0 Å². The van der Waals surface area contributed by atoms with Crippen LogP contribution in [-0.2, 0) is 0 Å². The average Bonchev–Trinajstić information content (AvgIpc) is 2.57. The fraction of sp³-hybridized carbons (Fsp3) is 0.167. The Morgan fingerprint density at radius 1 is 1.21 bits per heavy atom. The van der Waals surface area contributed by atoms with E-state index in [0.29, 0.717) is 5.92 Å². The summed E-state index contributed by atoms with van der Waals surface area (Å²) < 4.78 is 7.03. The maximum Gasteiger partial charge on any atom is 0.129 e. The molecule has 0 saturated heterocycles. The largest absolute Gasteiger partial charge is 0.485 e. The van der Waals surface area contributed by atoms with Crippen LogP contribution in [0.4, 0.5) is 0 Å². The SMILES string of the molecule is BrC1=CC=CC2Oc3ccccc3C12. The van der Waals surface area contributed by atoms with E-state index in [2.05, 4.69) is 40.2 Å². The van der Waals surface area contributed by atoms with Crippen LogP contribution in [0.1, 0.15) is 11.5 Å². The molecule has 0 saturated carbocycles. The van der Waals surface area contributed by atoms with E-state index in [0.717, 1.165) is 5.75 Å². The molecule has 0 fully saturated rings. The zero-order chi connectivity index (χ0) is 9.54. The van der Waals surface area contributed by atoms with Crippen molar-refractivity contribution >= 4 is 15.9 Å². The molecule has 0 radical (unpaired) electrons. The van der Waals surface area contributed by atoms with Gasteiger partial charge in [-0.15, -0.1) is 0 Å². The molecule has 70 valence electrons. The first kappa shape index (κ1) is 8.30. The van der Waals surface area contributed by atoms with Crippen LogP contribution in [0.2, 0.25) is 0 Å². The smallest absolute Gasteiger partial charge is 0.129 e. The normalized spacial score (nSPS) is 27.6. The summed E-state index contributed by atoms with van der Waals surface area (Å²) in [5, 5.41) is 0. The average molecular weight is 249 g/mol. The third kappa shape index (κ3) is 1.07. The second-order valence-corrected chi connectivity index (χ2v) is 4.45. The van der Waals surface area contributed by atoms with E-state index in [-0.39, 0.29) is 6.10 Å². The molecule has 0 bridgehead atoms. The molecule has 2 atom stereocenters. The highest BCUT2D eigenvalue weighted by Gasteiger charge is 2.35. The summed E-state index contributed by atoms with van der Waals surface area (Å²) in [6.07, 6.45) is 6.41. The fourth-order valence-corrected chi connectivity index (χ4v) is 2.71. The quantitative estimate of drug-likeness (QED) is 0.684. The number of rotatable bonds is 0. The monoisotopic (exact) mass is 248 g/mol. The molecule has 0 spiro atoms. The van der Waals surface area contributed by atoms with Gasteiger partial charge in [0.15, 0.2) is 0 Å². The van der Waals surface area contributed by atoms with Crippen LogP contribution in [-0.4, -0.2) is 6.10 Å². The molecule has 1 nitrogen and oxygen atoms in total. The van der Waals surface area contributed by atoms with E-state index in [4.69, 9.17) is 4.74 Å². The molecule has 1 aromatic carbocycles. The zero-order valence-corrected chi connectivity index (χ0v) is 9.07. The van der Waals surface area contributed by atoms with E-state index < -0.39 is 0 Å². The van der Waals surface area contributed by atoms with Gasteiger partial charge in [-0.05, 0) is 12.1 Å². The summed E-state index contributed by atoms with van der Waals surface area (Å²) in [6, 6.07) is 8.23. The van der Waals surface area contributed by atoms with E-state index in [1.54, 1.807) is 0 Å². The Kier molecular flexibility index (Phi) is 1.77. The molecule has 1 aromatic rings. The van der Waals surface area contributed by atoms with Crippen LogP contribution < -0.4 is 4.74 Å². The minimum atomic E-state index is 0.173. The van der Waals surface area contributed by atoms with Gasteiger partial charge < -0.3 is 4.74 Å². The predicted octanol–water partition coefficient (Wildman–Crippen LogP) is 3.38. The second kappa shape index (κ2) is 2.99. The summed E-state index contributed by atoms with van der Waals surface area (Å²) >= 11 is 3.60. The first-order valence-corrected chi connectivity index (χ1v) is 5.45. The van der Waals surface area contributed by atoms with E-state index in [1.165, 1.54) is 10.0 Å². The van der Waals surface area contributed by atoms with Crippen molar-refractivity contribution < 1.29 is 4.74 Å². The highest BCUT2D eigenvalue weighted by molar-refractivity contribution is 9.11. The number of halogens is 1. The summed E-state index contributed by atoms with van der Waals surface area (Å²) in [4.78, 5) is 0. The molecule has 1 heterocycles. The third-order valence-corrected chi connectivity index (χ3v) is 3.46. The Balaban J connectivity index is 2.14. The van der Waals surface area contributed by atoms with Crippen LogP contribution in [0.5, 0.6) is 5.75 Å². The van der Waals surface area contributed by atoms with Crippen LogP contribution in [0.15, 0.2) is 47.0 Å². The van der Waals surface area contributed by atoms with Gasteiger partial charge in [0.05, 0.1) is 5.92 Å². The van der Waals surface area contributed by atoms with Gasteiger partial charge in [-0.3, -0.25) is 0 Å². The lowest BCUT2D eigenvalue weighted by Crippen LogP contribution is -2.17. The van der Waals surface area contributed by atoms with Crippen LogP contribution in [0, 0.1) is 0 Å². The van der Waals surface area contributed by atoms with Crippen molar-refractivity contribution in [1.82, 2.24) is 0 Å². The van der Waals surface area contributed by atoms with Gasteiger partial charge in [-0.25, -0.2) is 0 Å². The highest BCUT2D eigenvalue weighted by atomic mass is 79.9. The summed E-state index contributed by atoms with van der Waals surface area (Å²) in [5.41, 5.74) is 1.28. The maximum absolute atomic E-state index is 5.82. The zero-order valence-electron chi connectivity index (χ0n) is 7.48. The molecule has 2 aliphatic rings. The second-order valence-electron chi connectivity index (χ2n) is 3.53. The van der Waals surface area contributed by atoms with Crippen molar-refractivity contribution in [2.75, 3.05) is 0 Å². The Bertz CT molecular complexity index is 434. The molecule has 1 aliphatic carbocycles. The maximum atomic E-state index is 5.82. The molecule has 1 aliphatic heterocycles. The minimum Gasteiger partial charge on any atom is -0.485 e. The van der Waals surface area contributed by atoms with Gasteiger partial charge >= 0.3 is 0 Å². The number of benzene rings is 1. The Morgan fingerprint density at radius 2 is 2.07 bits per heavy atom. The number of para-hydroxylation sites is 1. The number of fused-ring (bicyclic) bond motifs is 3. The van der Waals surface area contributed by atoms with E-state index in [9.17, 15) is 0 Å². The van der Waals surface area contributed by atoms with Gasteiger partial charge in [0.1, 0.15) is 11.9 Å². The van der Waals surface area contributed by atoms with Crippen molar-refractivity contribution in [3.8, 4) is 5.75 Å². The third-order valence-electron chi connectivity index (χ3n) is 2.70. The minimum absolute atomic E-state index is 0.173. The predicted molar refractivity (Wildman–Crippen MR) is 59.7 cm³/mol. The van der Waals surface area contributed by atoms with E-state index in [1.807, 2.05) is 18.2 Å². The molecule has 3 rings (SSSR count). The molecular formula is C12H9BrO. The topological polar surface area (TPSA) is 9.23 Å². The molecule has 0 amide bonds. The number of allylic oxidation sites excluding steroid dienone is 2. The lowest BCUT2D eigenvalue weighted by atomic mass is 9.92. The number of ether oxygens (including phenoxy) is 1. The Labute approximate surface area is 91.2 Å². The summed E-state index contributed by atoms with van der Waals surface area (Å²) in [6.45, 7) is 0. The number of hydrogen-bond acceptors (Lipinski definition) is 1. The molecule has 0 aromatic heterocycles. The summed E-state index contributed by atoms with van der Waals surface area (Å²) in [5.74, 6) is 1.37. The first-order chi connectivity index (χ1) is 6.86. The van der Waals surface area contributed by atoms with Gasteiger partial charge in [0.2, 0.25) is 0 Å². The first-order valence-electron chi connectivity index (χ1n) is 4.66. The van der Waals surface area contributed by atoms with Gasteiger partial charge in [0, 0.05) is 10.0 Å². The molecule has 2 heteroatoms. The van der Waals surface area contributed by atoms with Gasteiger partial charge in [0.25, 0.3) is 0 Å². The molecule has 2 unspecified atom stereocenters. The molecular weight excluding hydrogens is 240 g/mol. The lowest BCUT2D eigenvalue weighted by Gasteiger charge is -2.18. The Hall–Kier alpha value is -1.02. The van der Waals surface area contributed by atoms with Crippen molar-refractivity contribution in [1.29, 1.82) is 0 Å². The van der Waals surface area contributed by atoms with E-state index >= 15 is 0 Å². The summed E-state index contributed by atoms with van der Waals surface area (Å²) in [7, 11) is 0. The highest BCUT2D eigenvalue weighted by Crippen LogP contribution is 2.45. The molecule has 14 heavy (non-hydrogen) atoms. The number of hydrogen-bond donors (Lipinski definition) is 0. The van der Waals surface area contributed by atoms with Gasteiger partial charge in [-0.1, -0.05) is 46.3 Å². The van der Waals surface area contributed by atoms with Crippen molar-refractivity contribution in [3.63, 3.8) is 0 Å². The Morgan fingerprint density at radius 3 is 3.00 bits per heavy atom. The van der Waals surface area contributed by atoms with Gasteiger partial charge in [-0.2, -0.15) is 0 Å². The molecule has 0 N–H and O–H groups in total. The van der Waals surface area contributed by atoms with Crippen molar-refractivity contribution in [2.45, 2.75) is 12.0 Å². The van der Waals surface area contributed by atoms with Crippen molar-refractivity contribution in [2.24, 2.45) is 0 Å². The van der Waals surface area contributed by atoms with Crippen LogP contribution >= 0.6 is 15.9 Å². The standard InChI is InChI=1S/C12H9BrO/c13-9-5-3-7-11-12(9)8-4-1-2-6-10(8)14-11/h1-7,11-12H. The van der Waals surface area contributed by atoms with Crippen molar-refractivity contribution in [3.05, 3.63) is 52.5 Å². The fourth-order valence-electron chi connectivity index (χ4n) is 2.05.